The van der Waals surface area contributed by atoms with Crippen molar-refractivity contribution in [1.82, 2.24) is 0 Å². The first-order valence-corrected chi connectivity index (χ1v) is 7.85. The number of benzene rings is 2. The van der Waals surface area contributed by atoms with Gasteiger partial charge in [0.1, 0.15) is 0 Å². The summed E-state index contributed by atoms with van der Waals surface area (Å²) in [7, 11) is -1.29. The van der Waals surface area contributed by atoms with E-state index >= 15 is 0 Å². The lowest BCUT2D eigenvalue weighted by Crippen LogP contribution is -2.13. The number of aryl methyl sites for hydroxylation is 3. The molecule has 2 rings (SSSR count). The molecule has 104 valence electrons. The third-order valence-electron chi connectivity index (χ3n) is 3.28. The molecule has 0 heterocycles. The molecule has 0 spiro atoms. The van der Waals surface area contributed by atoms with Crippen molar-refractivity contribution in [3.8, 4) is 0 Å². The average Bonchev–Trinajstić information content (AvgIpc) is 2.38. The molecule has 1 unspecified atom stereocenters. The summed E-state index contributed by atoms with van der Waals surface area (Å²) in [6.45, 7) is 5.82. The minimum atomic E-state index is -1.29. The van der Waals surface area contributed by atoms with E-state index in [0.29, 0.717) is 5.56 Å². The third kappa shape index (κ3) is 3.23. The van der Waals surface area contributed by atoms with E-state index in [4.69, 9.17) is 0 Å². The van der Waals surface area contributed by atoms with Crippen LogP contribution in [0, 0.1) is 20.8 Å². The Hall–Kier alpha value is -1.74. The fraction of sp³-hybridized carbons (Fsp3) is 0.235. The smallest absolute Gasteiger partial charge is 0.175 e. The zero-order valence-corrected chi connectivity index (χ0v) is 12.8. The normalized spacial score (nSPS) is 12.2. The van der Waals surface area contributed by atoms with Crippen LogP contribution in [0.5, 0.6) is 0 Å². The molecular formula is C17H18O2S. The molecule has 3 heteroatoms. The van der Waals surface area contributed by atoms with Gasteiger partial charge in [-0.3, -0.25) is 9.00 Å². The molecule has 0 saturated carbocycles. The van der Waals surface area contributed by atoms with Gasteiger partial charge >= 0.3 is 0 Å². The standard InChI is InChI=1S/C17H18O2S/c1-12-8-9-15(14(3)10-12)16(18)11-20(19)17-7-5-4-6-13(17)2/h4-10H,11H2,1-3H3. The first-order chi connectivity index (χ1) is 9.49. The molecule has 0 aliphatic rings. The Morgan fingerprint density at radius 3 is 2.35 bits per heavy atom. The Balaban J connectivity index is 2.20. The van der Waals surface area contributed by atoms with Crippen LogP contribution in [0.1, 0.15) is 27.0 Å². The molecule has 2 aromatic carbocycles. The quantitative estimate of drug-likeness (QED) is 0.805. The molecule has 0 aliphatic heterocycles. The molecule has 20 heavy (non-hydrogen) atoms. The van der Waals surface area contributed by atoms with Gasteiger partial charge in [-0.25, -0.2) is 0 Å². The van der Waals surface area contributed by atoms with Crippen molar-refractivity contribution in [3.63, 3.8) is 0 Å². The molecule has 0 N–H and O–H groups in total. The lowest BCUT2D eigenvalue weighted by atomic mass is 10.0. The molecule has 0 bridgehead atoms. The van der Waals surface area contributed by atoms with Gasteiger partial charge < -0.3 is 0 Å². The van der Waals surface area contributed by atoms with Crippen LogP contribution in [-0.4, -0.2) is 15.7 Å². The molecule has 0 fully saturated rings. The Morgan fingerprint density at radius 1 is 1.00 bits per heavy atom. The minimum absolute atomic E-state index is 0.0365. The number of carbonyl (C=O) groups is 1. The maximum absolute atomic E-state index is 12.3. The van der Waals surface area contributed by atoms with Crippen molar-refractivity contribution in [1.29, 1.82) is 0 Å². The van der Waals surface area contributed by atoms with Crippen molar-refractivity contribution < 1.29 is 9.00 Å². The van der Waals surface area contributed by atoms with Crippen LogP contribution in [-0.2, 0) is 10.8 Å². The fourth-order valence-electron chi connectivity index (χ4n) is 2.21. The van der Waals surface area contributed by atoms with E-state index in [1.807, 2.05) is 63.2 Å². The summed E-state index contributed by atoms with van der Waals surface area (Å²) in [4.78, 5) is 13.0. The Bertz CT molecular complexity index is 674. The summed E-state index contributed by atoms with van der Waals surface area (Å²) in [5.41, 5.74) is 3.69. The van der Waals surface area contributed by atoms with Crippen molar-refractivity contribution in [2.45, 2.75) is 25.7 Å². The van der Waals surface area contributed by atoms with E-state index in [1.165, 1.54) is 0 Å². The number of Topliss-reactive ketones (excluding diaryl/α,β-unsaturated/α-hetero) is 1. The van der Waals surface area contributed by atoms with Gasteiger partial charge in [0, 0.05) is 10.5 Å². The van der Waals surface area contributed by atoms with E-state index in [-0.39, 0.29) is 11.5 Å². The van der Waals surface area contributed by atoms with Crippen LogP contribution in [0.4, 0.5) is 0 Å². The zero-order chi connectivity index (χ0) is 14.7. The van der Waals surface area contributed by atoms with Crippen LogP contribution in [0.2, 0.25) is 0 Å². The van der Waals surface area contributed by atoms with E-state index in [9.17, 15) is 9.00 Å². The van der Waals surface area contributed by atoms with Gasteiger partial charge in [-0.2, -0.15) is 0 Å². The summed E-state index contributed by atoms with van der Waals surface area (Å²) in [5.74, 6) is -0.0292. The largest absolute Gasteiger partial charge is 0.293 e. The maximum Gasteiger partial charge on any atom is 0.175 e. The summed E-state index contributed by atoms with van der Waals surface area (Å²) in [6, 6.07) is 13.2. The lowest BCUT2D eigenvalue weighted by Gasteiger charge is -2.08. The van der Waals surface area contributed by atoms with Crippen molar-refractivity contribution in [3.05, 3.63) is 64.7 Å². The monoisotopic (exact) mass is 286 g/mol. The molecule has 0 amide bonds. The Labute approximate surface area is 122 Å². The second kappa shape index (κ2) is 6.14. The van der Waals surface area contributed by atoms with Gasteiger partial charge in [0.15, 0.2) is 5.78 Å². The SMILES string of the molecule is Cc1ccc(C(=O)CS(=O)c2ccccc2C)c(C)c1. The van der Waals surface area contributed by atoms with Gasteiger partial charge in [0.25, 0.3) is 0 Å². The zero-order valence-electron chi connectivity index (χ0n) is 12.0. The van der Waals surface area contributed by atoms with E-state index in [1.54, 1.807) is 0 Å². The number of rotatable bonds is 4. The van der Waals surface area contributed by atoms with Gasteiger partial charge in [-0.1, -0.05) is 42.0 Å². The highest BCUT2D eigenvalue weighted by atomic mass is 32.2. The molecular weight excluding hydrogens is 268 g/mol. The number of hydrogen-bond acceptors (Lipinski definition) is 2. The molecule has 0 aromatic heterocycles. The minimum Gasteiger partial charge on any atom is -0.293 e. The Morgan fingerprint density at radius 2 is 1.70 bits per heavy atom. The average molecular weight is 286 g/mol. The summed E-state index contributed by atoms with van der Waals surface area (Å²) in [6.07, 6.45) is 0. The number of carbonyl (C=O) groups excluding carboxylic acids is 1. The van der Waals surface area contributed by atoms with Crippen LogP contribution < -0.4 is 0 Å². The van der Waals surface area contributed by atoms with Crippen molar-refractivity contribution in [2.24, 2.45) is 0 Å². The highest BCUT2D eigenvalue weighted by molar-refractivity contribution is 7.85. The number of hydrogen-bond donors (Lipinski definition) is 0. The molecule has 2 nitrogen and oxygen atoms in total. The summed E-state index contributed by atoms with van der Waals surface area (Å²) >= 11 is 0. The van der Waals surface area contributed by atoms with Crippen molar-refractivity contribution in [2.75, 3.05) is 5.75 Å². The molecule has 0 aliphatic carbocycles. The maximum atomic E-state index is 12.3. The first-order valence-electron chi connectivity index (χ1n) is 6.53. The molecule has 1 atom stereocenters. The van der Waals surface area contributed by atoms with E-state index in [2.05, 4.69) is 0 Å². The van der Waals surface area contributed by atoms with Crippen LogP contribution in [0.3, 0.4) is 0 Å². The van der Waals surface area contributed by atoms with Crippen molar-refractivity contribution >= 4 is 16.6 Å². The molecule has 0 saturated heterocycles. The van der Waals surface area contributed by atoms with Gasteiger partial charge in [-0.15, -0.1) is 0 Å². The Kier molecular flexibility index (Phi) is 4.50. The second-order valence-electron chi connectivity index (χ2n) is 5.00. The van der Waals surface area contributed by atoms with Gasteiger partial charge in [0.2, 0.25) is 0 Å². The lowest BCUT2D eigenvalue weighted by molar-refractivity contribution is 0.102. The third-order valence-corrected chi connectivity index (χ3v) is 4.76. The van der Waals surface area contributed by atoms with Crippen LogP contribution in [0.25, 0.3) is 0 Å². The van der Waals surface area contributed by atoms with Gasteiger partial charge in [0.05, 0.1) is 16.6 Å². The van der Waals surface area contributed by atoms with E-state index in [0.717, 1.165) is 21.6 Å². The second-order valence-corrected chi connectivity index (χ2v) is 6.42. The number of ketones is 1. The van der Waals surface area contributed by atoms with E-state index < -0.39 is 10.8 Å². The predicted molar refractivity (Wildman–Crippen MR) is 82.7 cm³/mol. The van der Waals surface area contributed by atoms with Crippen LogP contribution >= 0.6 is 0 Å². The molecule has 2 aromatic rings. The van der Waals surface area contributed by atoms with Gasteiger partial charge in [-0.05, 0) is 38.0 Å². The highest BCUT2D eigenvalue weighted by Gasteiger charge is 2.15. The summed E-state index contributed by atoms with van der Waals surface area (Å²) in [5, 5.41) is 0. The highest BCUT2D eigenvalue weighted by Crippen LogP contribution is 2.16. The van der Waals surface area contributed by atoms with Crippen LogP contribution in [0.15, 0.2) is 47.4 Å². The predicted octanol–water partition coefficient (Wildman–Crippen LogP) is 3.60. The first kappa shape index (κ1) is 14.7. The fourth-order valence-corrected chi connectivity index (χ4v) is 3.42. The summed E-state index contributed by atoms with van der Waals surface area (Å²) < 4.78 is 12.3. The topological polar surface area (TPSA) is 34.1 Å². The molecule has 0 radical (unpaired) electrons.